The van der Waals surface area contributed by atoms with Crippen LogP contribution in [0.25, 0.3) is 0 Å². The fourth-order valence-corrected chi connectivity index (χ4v) is 2.88. The van der Waals surface area contributed by atoms with E-state index in [1.165, 1.54) is 32.1 Å². The fraction of sp³-hybridized carbons (Fsp3) is 0.692. The van der Waals surface area contributed by atoms with Gasteiger partial charge in [0.15, 0.2) is 0 Å². The van der Waals surface area contributed by atoms with Crippen molar-refractivity contribution in [2.75, 3.05) is 0 Å². The Morgan fingerprint density at radius 3 is 2.65 bits per heavy atom. The summed E-state index contributed by atoms with van der Waals surface area (Å²) in [4.78, 5) is 18.8. The zero-order chi connectivity index (χ0) is 11.9. The number of nitrogens with zero attached hydrogens (tertiary/aromatic N) is 1. The molecule has 1 aromatic heterocycles. The molecule has 92 valence electrons. The maximum Gasteiger partial charge on any atom is 0.317 e. The lowest BCUT2D eigenvalue weighted by Crippen LogP contribution is -2.21. The molecule has 1 heterocycles. The topological polar surface area (TPSA) is 66.0 Å². The molecule has 0 saturated heterocycles. The number of aliphatic carboxylic acids is 1. The van der Waals surface area contributed by atoms with Gasteiger partial charge in [-0.2, -0.15) is 0 Å². The molecule has 0 radical (unpaired) electrons. The first-order valence-corrected chi connectivity index (χ1v) is 6.51. The van der Waals surface area contributed by atoms with Gasteiger partial charge in [-0.05, 0) is 25.7 Å². The molecule has 0 unspecified atom stereocenters. The number of imidazole rings is 1. The Morgan fingerprint density at radius 1 is 1.35 bits per heavy atom. The highest BCUT2D eigenvalue weighted by atomic mass is 16.4. The summed E-state index contributed by atoms with van der Waals surface area (Å²) >= 11 is 0. The number of nitrogens with one attached hydrogen (secondary N) is 1. The summed E-state index contributed by atoms with van der Waals surface area (Å²) in [5.41, 5.74) is 0.458. The van der Waals surface area contributed by atoms with Gasteiger partial charge >= 0.3 is 5.97 Å². The molecule has 2 aliphatic rings. The minimum atomic E-state index is -0.734. The van der Waals surface area contributed by atoms with Gasteiger partial charge in [-0.25, -0.2) is 4.98 Å². The molecule has 0 amide bonds. The number of rotatable bonds is 3. The summed E-state index contributed by atoms with van der Waals surface area (Å²) in [5.74, 6) is 0.502. The Labute approximate surface area is 100 Å². The lowest BCUT2D eigenvalue weighted by Gasteiger charge is -2.20. The maximum absolute atomic E-state index is 11.2. The molecule has 0 bridgehead atoms. The molecule has 4 nitrogen and oxygen atoms in total. The first kappa shape index (κ1) is 10.8. The third kappa shape index (κ3) is 1.75. The van der Waals surface area contributed by atoms with Crippen LogP contribution in [-0.4, -0.2) is 21.0 Å². The number of H-pyrrole nitrogens is 1. The molecule has 0 atom stereocenters. The second-order valence-corrected chi connectivity index (χ2v) is 5.41. The van der Waals surface area contributed by atoms with E-state index in [0.29, 0.717) is 11.7 Å². The SMILES string of the molecule is O=C(O)C1(c2ncc(C3CCCCC3)[nH]2)CC1. The zero-order valence-electron chi connectivity index (χ0n) is 9.91. The summed E-state index contributed by atoms with van der Waals surface area (Å²) in [7, 11) is 0. The van der Waals surface area contributed by atoms with Crippen LogP contribution in [0, 0.1) is 0 Å². The lowest BCUT2D eigenvalue weighted by atomic mass is 9.87. The van der Waals surface area contributed by atoms with Crippen LogP contribution < -0.4 is 0 Å². The van der Waals surface area contributed by atoms with Crippen molar-refractivity contribution in [1.29, 1.82) is 0 Å². The predicted octanol–water partition coefficient (Wildman–Crippen LogP) is 2.57. The van der Waals surface area contributed by atoms with E-state index >= 15 is 0 Å². The third-order valence-corrected chi connectivity index (χ3v) is 4.25. The first-order valence-electron chi connectivity index (χ1n) is 6.51. The number of carboxylic acids is 1. The molecule has 17 heavy (non-hydrogen) atoms. The number of aromatic amines is 1. The second kappa shape index (κ2) is 3.86. The highest BCUT2D eigenvalue weighted by Crippen LogP contribution is 2.47. The number of carbonyl (C=O) groups is 1. The third-order valence-electron chi connectivity index (χ3n) is 4.25. The maximum atomic E-state index is 11.2. The molecule has 1 aromatic rings. The number of carboxylic acid groups (broad SMARTS) is 1. The minimum absolute atomic E-state index is 0.564. The second-order valence-electron chi connectivity index (χ2n) is 5.41. The molecule has 2 fully saturated rings. The van der Waals surface area contributed by atoms with Gasteiger partial charge in [0.1, 0.15) is 11.2 Å². The van der Waals surface area contributed by atoms with Crippen LogP contribution in [-0.2, 0) is 10.2 Å². The van der Waals surface area contributed by atoms with Crippen molar-refractivity contribution in [2.24, 2.45) is 0 Å². The zero-order valence-corrected chi connectivity index (χ0v) is 9.91. The molecule has 0 aliphatic heterocycles. The smallest absolute Gasteiger partial charge is 0.317 e. The van der Waals surface area contributed by atoms with E-state index in [1.54, 1.807) is 0 Å². The highest BCUT2D eigenvalue weighted by Gasteiger charge is 2.54. The van der Waals surface area contributed by atoms with E-state index in [9.17, 15) is 9.90 Å². The molecule has 2 N–H and O–H groups in total. The summed E-state index contributed by atoms with van der Waals surface area (Å²) in [6, 6.07) is 0. The van der Waals surface area contributed by atoms with E-state index in [4.69, 9.17) is 0 Å². The van der Waals surface area contributed by atoms with E-state index in [1.807, 2.05) is 6.20 Å². The standard InChI is InChI=1S/C13H18N2O2/c16-12(17)13(6-7-13)11-14-8-10(15-11)9-4-2-1-3-5-9/h8-9H,1-7H2,(H,14,15)(H,16,17). The fourth-order valence-electron chi connectivity index (χ4n) is 2.88. The van der Waals surface area contributed by atoms with Gasteiger partial charge in [0.2, 0.25) is 0 Å². The van der Waals surface area contributed by atoms with Crippen LogP contribution in [0.2, 0.25) is 0 Å². The van der Waals surface area contributed by atoms with Crippen LogP contribution in [0.4, 0.5) is 0 Å². The van der Waals surface area contributed by atoms with Crippen LogP contribution in [0.3, 0.4) is 0 Å². The van der Waals surface area contributed by atoms with E-state index in [0.717, 1.165) is 18.5 Å². The molecule has 0 spiro atoms. The Kier molecular flexibility index (Phi) is 2.45. The highest BCUT2D eigenvalue weighted by molar-refractivity contribution is 5.83. The van der Waals surface area contributed by atoms with Gasteiger partial charge in [-0.15, -0.1) is 0 Å². The Morgan fingerprint density at radius 2 is 2.06 bits per heavy atom. The van der Waals surface area contributed by atoms with Gasteiger partial charge < -0.3 is 10.1 Å². The van der Waals surface area contributed by atoms with E-state index in [2.05, 4.69) is 9.97 Å². The Bertz CT molecular complexity index is 428. The van der Waals surface area contributed by atoms with Crippen molar-refractivity contribution in [2.45, 2.75) is 56.3 Å². The number of hydrogen-bond donors (Lipinski definition) is 2. The van der Waals surface area contributed by atoms with Crippen molar-refractivity contribution < 1.29 is 9.90 Å². The molecule has 2 aliphatic carbocycles. The Balaban J connectivity index is 1.80. The quantitative estimate of drug-likeness (QED) is 0.844. The molecular formula is C13H18N2O2. The predicted molar refractivity (Wildman–Crippen MR) is 63.0 cm³/mol. The van der Waals surface area contributed by atoms with Crippen LogP contribution in [0.5, 0.6) is 0 Å². The monoisotopic (exact) mass is 234 g/mol. The van der Waals surface area contributed by atoms with E-state index in [-0.39, 0.29) is 0 Å². The van der Waals surface area contributed by atoms with Crippen LogP contribution in [0.15, 0.2) is 6.20 Å². The lowest BCUT2D eigenvalue weighted by molar-refractivity contribution is -0.140. The van der Waals surface area contributed by atoms with Gasteiger partial charge in [0.05, 0.1) is 0 Å². The molecule has 3 rings (SSSR count). The number of aromatic nitrogens is 2. The van der Waals surface area contributed by atoms with Crippen molar-refractivity contribution in [1.82, 2.24) is 9.97 Å². The van der Waals surface area contributed by atoms with Gasteiger partial charge in [0, 0.05) is 17.8 Å². The average molecular weight is 234 g/mol. The van der Waals surface area contributed by atoms with Crippen LogP contribution in [0.1, 0.15) is 62.4 Å². The number of hydrogen-bond acceptors (Lipinski definition) is 2. The van der Waals surface area contributed by atoms with Crippen molar-refractivity contribution in [3.05, 3.63) is 17.7 Å². The average Bonchev–Trinajstić information content (AvgIpc) is 3.02. The summed E-state index contributed by atoms with van der Waals surface area (Å²) in [5, 5.41) is 9.22. The van der Waals surface area contributed by atoms with Gasteiger partial charge in [-0.3, -0.25) is 4.79 Å². The summed E-state index contributed by atoms with van der Waals surface area (Å²) < 4.78 is 0. The van der Waals surface area contributed by atoms with Crippen molar-refractivity contribution >= 4 is 5.97 Å². The summed E-state index contributed by atoms with van der Waals surface area (Å²) in [6.45, 7) is 0. The Hall–Kier alpha value is -1.32. The van der Waals surface area contributed by atoms with Crippen molar-refractivity contribution in [3.8, 4) is 0 Å². The molecule has 2 saturated carbocycles. The largest absolute Gasteiger partial charge is 0.480 e. The van der Waals surface area contributed by atoms with Crippen LogP contribution >= 0.6 is 0 Å². The van der Waals surface area contributed by atoms with Gasteiger partial charge in [-0.1, -0.05) is 19.3 Å². The normalized spacial score (nSPS) is 23.5. The molecular weight excluding hydrogens is 216 g/mol. The summed E-state index contributed by atoms with van der Waals surface area (Å²) in [6.07, 6.45) is 9.61. The molecule has 0 aromatic carbocycles. The first-order chi connectivity index (χ1) is 8.22. The van der Waals surface area contributed by atoms with E-state index < -0.39 is 11.4 Å². The van der Waals surface area contributed by atoms with Crippen molar-refractivity contribution in [3.63, 3.8) is 0 Å². The minimum Gasteiger partial charge on any atom is -0.480 e. The van der Waals surface area contributed by atoms with Gasteiger partial charge in [0.25, 0.3) is 0 Å². The molecule has 4 heteroatoms.